The fourth-order valence-corrected chi connectivity index (χ4v) is 2.11. The van der Waals surface area contributed by atoms with Gasteiger partial charge in [-0.3, -0.25) is 4.79 Å². The minimum atomic E-state index is -0.503. The van der Waals surface area contributed by atoms with Gasteiger partial charge in [-0.2, -0.15) is 0 Å². The van der Waals surface area contributed by atoms with Crippen molar-refractivity contribution < 1.29 is 9.53 Å². The normalized spacial score (nSPS) is 19.4. The van der Waals surface area contributed by atoms with Crippen LogP contribution in [0.1, 0.15) is 23.2 Å². The summed E-state index contributed by atoms with van der Waals surface area (Å²) in [5, 5.41) is 3.29. The van der Waals surface area contributed by atoms with E-state index < -0.39 is 5.91 Å². The molecule has 0 aromatic heterocycles. The fraction of sp³-hybridized carbons (Fsp3) is 0.462. The van der Waals surface area contributed by atoms with Gasteiger partial charge in [0.15, 0.2) is 0 Å². The summed E-state index contributed by atoms with van der Waals surface area (Å²) in [6.07, 6.45) is 2.28. The van der Waals surface area contributed by atoms with E-state index in [4.69, 9.17) is 16.2 Å². The number of ether oxygens (including phenoxy) is 1. The van der Waals surface area contributed by atoms with Crippen LogP contribution < -0.4 is 16.8 Å². The van der Waals surface area contributed by atoms with Crippen molar-refractivity contribution in [3.8, 4) is 0 Å². The monoisotopic (exact) mass is 249 g/mol. The molecule has 1 aliphatic rings. The molecule has 0 aliphatic carbocycles. The van der Waals surface area contributed by atoms with Crippen LogP contribution >= 0.6 is 0 Å². The number of nitrogen functional groups attached to an aromatic ring is 1. The number of rotatable bonds is 4. The van der Waals surface area contributed by atoms with E-state index in [0.29, 0.717) is 17.2 Å². The molecule has 0 radical (unpaired) electrons. The molecule has 1 amide bonds. The molecular weight excluding hydrogens is 230 g/mol. The van der Waals surface area contributed by atoms with Gasteiger partial charge in [0.05, 0.1) is 12.2 Å². The minimum absolute atomic E-state index is 0.361. The average Bonchev–Trinajstić information content (AvgIpc) is 2.38. The number of nitrogens with two attached hydrogens (primary N) is 2. The Balaban J connectivity index is 1.96. The van der Waals surface area contributed by atoms with Gasteiger partial charge in [-0.25, -0.2) is 0 Å². The van der Waals surface area contributed by atoms with Gasteiger partial charge < -0.3 is 21.5 Å². The van der Waals surface area contributed by atoms with Crippen LogP contribution in [-0.4, -0.2) is 25.7 Å². The third-order valence-corrected chi connectivity index (χ3v) is 3.17. The zero-order chi connectivity index (χ0) is 13.0. The molecule has 1 unspecified atom stereocenters. The van der Waals surface area contributed by atoms with Crippen molar-refractivity contribution in [3.05, 3.63) is 23.8 Å². The first-order valence-electron chi connectivity index (χ1n) is 6.18. The lowest BCUT2D eigenvalue weighted by molar-refractivity contribution is 0.0595. The lowest BCUT2D eigenvalue weighted by Gasteiger charge is -2.22. The Kier molecular flexibility index (Phi) is 4.04. The zero-order valence-corrected chi connectivity index (χ0v) is 10.3. The summed E-state index contributed by atoms with van der Waals surface area (Å²) < 4.78 is 5.42. The summed E-state index contributed by atoms with van der Waals surface area (Å²) in [5.74, 6) is 0.0190. The van der Waals surface area contributed by atoms with Crippen molar-refractivity contribution in [3.63, 3.8) is 0 Å². The van der Waals surface area contributed by atoms with E-state index in [9.17, 15) is 4.79 Å². The molecule has 0 spiro atoms. The van der Waals surface area contributed by atoms with E-state index in [0.717, 1.165) is 31.9 Å². The summed E-state index contributed by atoms with van der Waals surface area (Å²) in [4.78, 5) is 11.2. The first-order chi connectivity index (χ1) is 8.66. The Morgan fingerprint density at radius 2 is 2.33 bits per heavy atom. The Bertz CT molecular complexity index is 428. The number of hydrogen-bond acceptors (Lipinski definition) is 4. The maximum Gasteiger partial charge on any atom is 0.250 e. The van der Waals surface area contributed by atoms with Gasteiger partial charge in [0.2, 0.25) is 0 Å². The standard InChI is InChI=1S/C13H19N3O2/c14-12-4-3-10(6-11(12)13(15)17)16-7-9-2-1-5-18-8-9/h3-4,6,9,16H,1-2,5,7-8,14H2,(H2,15,17). The van der Waals surface area contributed by atoms with Crippen LogP contribution in [0.5, 0.6) is 0 Å². The van der Waals surface area contributed by atoms with Gasteiger partial charge >= 0.3 is 0 Å². The highest BCUT2D eigenvalue weighted by Crippen LogP contribution is 2.19. The molecule has 0 bridgehead atoms. The van der Waals surface area contributed by atoms with Gasteiger partial charge in [0.25, 0.3) is 5.91 Å². The van der Waals surface area contributed by atoms with Gasteiger partial charge in [0, 0.05) is 24.5 Å². The number of nitrogens with one attached hydrogen (secondary N) is 1. The lowest BCUT2D eigenvalue weighted by Crippen LogP contribution is -2.24. The van der Waals surface area contributed by atoms with Crippen molar-refractivity contribution in [1.82, 2.24) is 0 Å². The maximum atomic E-state index is 11.2. The van der Waals surface area contributed by atoms with E-state index in [2.05, 4.69) is 5.32 Å². The molecule has 5 nitrogen and oxygen atoms in total. The molecule has 1 heterocycles. The fourth-order valence-electron chi connectivity index (χ4n) is 2.11. The highest BCUT2D eigenvalue weighted by molar-refractivity contribution is 5.98. The zero-order valence-electron chi connectivity index (χ0n) is 10.3. The Morgan fingerprint density at radius 1 is 1.50 bits per heavy atom. The first kappa shape index (κ1) is 12.7. The van der Waals surface area contributed by atoms with E-state index in [1.165, 1.54) is 6.42 Å². The molecule has 1 aromatic carbocycles. The molecule has 5 N–H and O–H groups in total. The van der Waals surface area contributed by atoms with Crippen molar-refractivity contribution >= 4 is 17.3 Å². The molecule has 1 aliphatic heterocycles. The Labute approximate surface area is 106 Å². The van der Waals surface area contributed by atoms with E-state index in [1.807, 2.05) is 6.07 Å². The number of benzene rings is 1. The van der Waals surface area contributed by atoms with Crippen LogP contribution in [0.25, 0.3) is 0 Å². The van der Waals surface area contributed by atoms with Crippen molar-refractivity contribution in [2.24, 2.45) is 11.7 Å². The Morgan fingerprint density at radius 3 is 3.00 bits per heavy atom. The number of anilines is 2. The highest BCUT2D eigenvalue weighted by atomic mass is 16.5. The second kappa shape index (κ2) is 5.73. The van der Waals surface area contributed by atoms with Gasteiger partial charge in [-0.1, -0.05) is 0 Å². The molecule has 98 valence electrons. The second-order valence-electron chi connectivity index (χ2n) is 4.63. The third-order valence-electron chi connectivity index (χ3n) is 3.17. The number of primary amides is 1. The second-order valence-corrected chi connectivity index (χ2v) is 4.63. The molecule has 1 saturated heterocycles. The third kappa shape index (κ3) is 3.13. The molecule has 1 atom stereocenters. The van der Waals surface area contributed by atoms with Crippen LogP contribution in [0.15, 0.2) is 18.2 Å². The quantitative estimate of drug-likeness (QED) is 0.699. The van der Waals surface area contributed by atoms with Crippen molar-refractivity contribution in [2.45, 2.75) is 12.8 Å². The predicted octanol–water partition coefficient (Wildman–Crippen LogP) is 1.21. The molecule has 18 heavy (non-hydrogen) atoms. The Hall–Kier alpha value is -1.75. The number of carbonyl (C=O) groups excluding carboxylic acids is 1. The molecule has 0 saturated carbocycles. The smallest absolute Gasteiger partial charge is 0.250 e. The topological polar surface area (TPSA) is 90.4 Å². The number of amides is 1. The van der Waals surface area contributed by atoms with Crippen LogP contribution in [0.3, 0.4) is 0 Å². The van der Waals surface area contributed by atoms with Gasteiger partial charge in [-0.05, 0) is 37.0 Å². The summed E-state index contributed by atoms with van der Waals surface area (Å²) in [6, 6.07) is 5.24. The minimum Gasteiger partial charge on any atom is -0.398 e. The van der Waals surface area contributed by atoms with E-state index in [1.54, 1.807) is 12.1 Å². The first-order valence-corrected chi connectivity index (χ1v) is 6.18. The maximum absolute atomic E-state index is 11.2. The molecular formula is C13H19N3O2. The van der Waals surface area contributed by atoms with Crippen LogP contribution in [0.2, 0.25) is 0 Å². The summed E-state index contributed by atoms with van der Waals surface area (Å²) >= 11 is 0. The van der Waals surface area contributed by atoms with Crippen molar-refractivity contribution in [2.75, 3.05) is 30.8 Å². The molecule has 1 aromatic rings. The average molecular weight is 249 g/mol. The summed E-state index contributed by atoms with van der Waals surface area (Å²) in [6.45, 7) is 2.50. The SMILES string of the molecule is NC(=O)c1cc(NCC2CCCOC2)ccc1N. The summed E-state index contributed by atoms with van der Waals surface area (Å²) in [7, 11) is 0. The van der Waals surface area contributed by atoms with Crippen LogP contribution in [0.4, 0.5) is 11.4 Å². The molecule has 1 fully saturated rings. The summed E-state index contributed by atoms with van der Waals surface area (Å²) in [5.41, 5.74) is 12.6. The van der Waals surface area contributed by atoms with Crippen molar-refractivity contribution in [1.29, 1.82) is 0 Å². The van der Waals surface area contributed by atoms with E-state index in [-0.39, 0.29) is 0 Å². The lowest BCUT2D eigenvalue weighted by atomic mass is 10.0. The largest absolute Gasteiger partial charge is 0.398 e. The van der Waals surface area contributed by atoms with Gasteiger partial charge in [-0.15, -0.1) is 0 Å². The molecule has 5 heteroatoms. The van der Waals surface area contributed by atoms with Crippen LogP contribution in [-0.2, 0) is 4.74 Å². The molecule has 2 rings (SSSR count). The van der Waals surface area contributed by atoms with Gasteiger partial charge in [0.1, 0.15) is 0 Å². The predicted molar refractivity (Wildman–Crippen MR) is 71.4 cm³/mol. The highest BCUT2D eigenvalue weighted by Gasteiger charge is 2.14. The van der Waals surface area contributed by atoms with E-state index >= 15 is 0 Å². The number of carbonyl (C=O) groups is 1. The number of hydrogen-bond donors (Lipinski definition) is 3. The van der Waals surface area contributed by atoms with Crippen LogP contribution in [0, 0.1) is 5.92 Å².